The Morgan fingerprint density at radius 1 is 1.19 bits per heavy atom. The standard InChI is InChI=1S/C20H24F3N3O/c1-12(2)15-6-4-5-7-16(15)13(3)10-25(14-8-9-14)20(27)18-17(19(21)22)11-26(23)24-18/h4-7,11-14,19H,8-10H2,1-3H3. The first-order valence-electron chi connectivity index (χ1n) is 9.23. The molecule has 0 spiro atoms. The van der Waals surface area contributed by atoms with Crippen LogP contribution in [-0.2, 0) is 0 Å². The number of carbonyl (C=O) groups excluding carboxylic acids is 1. The lowest BCUT2D eigenvalue weighted by Gasteiger charge is -2.27. The van der Waals surface area contributed by atoms with Gasteiger partial charge >= 0.3 is 0 Å². The summed E-state index contributed by atoms with van der Waals surface area (Å²) in [4.78, 5) is 14.3. The molecule has 1 aromatic heterocycles. The molecule has 1 aliphatic rings. The molecule has 1 aliphatic carbocycles. The molecule has 0 N–H and O–H groups in total. The van der Waals surface area contributed by atoms with E-state index in [-0.39, 0.29) is 16.9 Å². The van der Waals surface area contributed by atoms with E-state index in [9.17, 15) is 18.1 Å². The number of halogens is 3. The number of aromatic nitrogens is 2. The predicted molar refractivity (Wildman–Crippen MR) is 96.7 cm³/mol. The zero-order chi connectivity index (χ0) is 19.7. The minimum atomic E-state index is -2.95. The number of carbonyl (C=O) groups is 1. The van der Waals surface area contributed by atoms with Crippen LogP contribution in [-0.4, -0.2) is 33.4 Å². The molecule has 1 atom stereocenters. The summed E-state index contributed by atoms with van der Waals surface area (Å²) in [7, 11) is 0. The SMILES string of the molecule is CC(C)c1ccccc1C(C)CN(C(=O)c1nn(F)cc1C(F)F)C1CC1. The number of benzene rings is 1. The molecular formula is C20H24F3N3O. The van der Waals surface area contributed by atoms with E-state index in [0.29, 0.717) is 18.7 Å². The molecule has 0 bridgehead atoms. The van der Waals surface area contributed by atoms with Gasteiger partial charge in [-0.1, -0.05) is 49.5 Å². The van der Waals surface area contributed by atoms with E-state index in [4.69, 9.17) is 0 Å². The fourth-order valence-corrected chi connectivity index (χ4v) is 3.48. The van der Waals surface area contributed by atoms with Crippen LogP contribution < -0.4 is 0 Å². The molecule has 0 aliphatic heterocycles. The Morgan fingerprint density at radius 2 is 1.81 bits per heavy atom. The molecule has 1 fully saturated rings. The zero-order valence-corrected chi connectivity index (χ0v) is 15.7. The summed E-state index contributed by atoms with van der Waals surface area (Å²) >= 11 is 0. The van der Waals surface area contributed by atoms with Gasteiger partial charge in [-0.3, -0.25) is 4.79 Å². The summed E-state index contributed by atoms with van der Waals surface area (Å²) in [5, 5.41) is 3.37. The molecule has 1 saturated carbocycles. The third-order valence-corrected chi connectivity index (χ3v) is 5.02. The summed E-state index contributed by atoms with van der Waals surface area (Å²) < 4.78 is 39.7. The van der Waals surface area contributed by atoms with Gasteiger partial charge in [0.2, 0.25) is 0 Å². The Hall–Kier alpha value is -2.31. The molecule has 1 unspecified atom stereocenters. The molecule has 27 heavy (non-hydrogen) atoms. The summed E-state index contributed by atoms with van der Waals surface area (Å²) in [6.45, 7) is 6.62. The van der Waals surface area contributed by atoms with Crippen molar-refractivity contribution in [2.45, 2.75) is 57.9 Å². The lowest BCUT2D eigenvalue weighted by Crippen LogP contribution is -2.37. The van der Waals surface area contributed by atoms with Gasteiger partial charge in [0.1, 0.15) is 0 Å². The summed E-state index contributed by atoms with van der Waals surface area (Å²) in [5.41, 5.74) is 1.18. The van der Waals surface area contributed by atoms with Crippen molar-refractivity contribution < 1.29 is 18.1 Å². The van der Waals surface area contributed by atoms with Crippen molar-refractivity contribution in [3.8, 4) is 0 Å². The van der Waals surface area contributed by atoms with E-state index in [1.807, 2.05) is 25.1 Å². The molecule has 4 nitrogen and oxygen atoms in total. The maximum atomic E-state index is 13.4. The smallest absolute Gasteiger partial charge is 0.275 e. The van der Waals surface area contributed by atoms with Gasteiger partial charge in [-0.2, -0.15) is 0 Å². The maximum absolute atomic E-state index is 13.4. The van der Waals surface area contributed by atoms with Gasteiger partial charge in [-0.25, -0.2) is 8.78 Å². The fraction of sp³-hybridized carbons (Fsp3) is 0.500. The molecule has 1 aromatic carbocycles. The van der Waals surface area contributed by atoms with Crippen molar-refractivity contribution in [2.75, 3.05) is 6.54 Å². The van der Waals surface area contributed by atoms with Gasteiger partial charge in [0.05, 0.1) is 11.8 Å². The van der Waals surface area contributed by atoms with Crippen molar-refractivity contribution in [2.24, 2.45) is 0 Å². The molecule has 0 saturated heterocycles. The van der Waals surface area contributed by atoms with E-state index in [2.05, 4.69) is 25.0 Å². The van der Waals surface area contributed by atoms with E-state index >= 15 is 0 Å². The third kappa shape index (κ3) is 4.17. The van der Waals surface area contributed by atoms with Gasteiger partial charge in [0.15, 0.2) is 5.69 Å². The Kier molecular flexibility index (Phi) is 5.58. The molecule has 1 amide bonds. The first-order valence-corrected chi connectivity index (χ1v) is 9.23. The van der Waals surface area contributed by atoms with Crippen LogP contribution >= 0.6 is 0 Å². The van der Waals surface area contributed by atoms with Crippen LogP contribution in [0.5, 0.6) is 0 Å². The molecule has 146 valence electrons. The zero-order valence-electron chi connectivity index (χ0n) is 15.7. The number of nitrogens with zero attached hydrogens (tertiary/aromatic N) is 3. The van der Waals surface area contributed by atoms with Gasteiger partial charge in [-0.15, -0.1) is 10.0 Å². The highest BCUT2D eigenvalue weighted by molar-refractivity contribution is 5.94. The van der Waals surface area contributed by atoms with Crippen LogP contribution in [0.15, 0.2) is 30.5 Å². The highest BCUT2D eigenvalue weighted by atomic mass is 19.3. The van der Waals surface area contributed by atoms with Crippen molar-refractivity contribution >= 4 is 5.91 Å². The number of hydrogen-bond acceptors (Lipinski definition) is 2. The van der Waals surface area contributed by atoms with Crippen LogP contribution in [0, 0.1) is 0 Å². The number of hydrogen-bond donors (Lipinski definition) is 0. The van der Waals surface area contributed by atoms with E-state index in [1.165, 1.54) is 5.56 Å². The minimum absolute atomic E-state index is 0.00134. The fourth-order valence-electron chi connectivity index (χ4n) is 3.48. The molecule has 2 aromatic rings. The van der Waals surface area contributed by atoms with E-state index in [0.717, 1.165) is 18.4 Å². The average molecular weight is 379 g/mol. The minimum Gasteiger partial charge on any atom is -0.334 e. The Morgan fingerprint density at radius 3 is 2.37 bits per heavy atom. The lowest BCUT2D eigenvalue weighted by atomic mass is 9.89. The summed E-state index contributed by atoms with van der Waals surface area (Å²) in [5.74, 6) is -0.268. The second-order valence-corrected chi connectivity index (χ2v) is 7.50. The van der Waals surface area contributed by atoms with Crippen LogP contribution in [0.25, 0.3) is 0 Å². The normalized spacial score (nSPS) is 15.4. The van der Waals surface area contributed by atoms with Crippen molar-refractivity contribution in [1.29, 1.82) is 0 Å². The monoisotopic (exact) mass is 379 g/mol. The summed E-state index contributed by atoms with van der Waals surface area (Å²) in [6.07, 6.45) is -0.732. The average Bonchev–Trinajstić information content (AvgIpc) is 3.39. The predicted octanol–water partition coefficient (Wildman–Crippen LogP) is 5.09. The van der Waals surface area contributed by atoms with Crippen LogP contribution in [0.3, 0.4) is 0 Å². The van der Waals surface area contributed by atoms with Gasteiger partial charge < -0.3 is 4.90 Å². The van der Waals surface area contributed by atoms with Crippen molar-refractivity contribution in [3.05, 3.63) is 52.8 Å². The highest BCUT2D eigenvalue weighted by Gasteiger charge is 2.37. The van der Waals surface area contributed by atoms with Crippen LogP contribution in [0.1, 0.15) is 79.1 Å². The maximum Gasteiger partial charge on any atom is 0.275 e. The topological polar surface area (TPSA) is 38.1 Å². The first kappa shape index (κ1) is 19.5. The van der Waals surface area contributed by atoms with Crippen molar-refractivity contribution in [3.63, 3.8) is 0 Å². The molecular weight excluding hydrogens is 355 g/mol. The van der Waals surface area contributed by atoms with Gasteiger partial charge in [-0.05, 0) is 35.8 Å². The molecule has 7 heteroatoms. The lowest BCUT2D eigenvalue weighted by molar-refractivity contribution is 0.0714. The van der Waals surface area contributed by atoms with Gasteiger partial charge in [0.25, 0.3) is 12.3 Å². The van der Waals surface area contributed by atoms with Gasteiger partial charge in [0, 0.05) is 12.6 Å². The third-order valence-electron chi connectivity index (χ3n) is 5.02. The Labute approximate surface area is 156 Å². The van der Waals surface area contributed by atoms with Crippen LogP contribution in [0.2, 0.25) is 0 Å². The molecule has 3 rings (SSSR count). The Balaban J connectivity index is 1.86. The second kappa shape index (κ2) is 7.74. The van der Waals surface area contributed by atoms with Crippen molar-refractivity contribution in [1.82, 2.24) is 14.9 Å². The van der Waals surface area contributed by atoms with E-state index in [1.54, 1.807) is 4.90 Å². The number of alkyl halides is 2. The second-order valence-electron chi connectivity index (χ2n) is 7.50. The number of rotatable bonds is 7. The number of amides is 1. The first-order chi connectivity index (χ1) is 12.8. The largest absolute Gasteiger partial charge is 0.334 e. The Bertz CT molecular complexity index is 815. The molecule has 1 heterocycles. The van der Waals surface area contributed by atoms with E-state index < -0.39 is 23.6 Å². The molecule has 0 radical (unpaired) electrons. The highest BCUT2D eigenvalue weighted by Crippen LogP contribution is 2.34. The van der Waals surface area contributed by atoms with Crippen LogP contribution in [0.4, 0.5) is 13.3 Å². The summed E-state index contributed by atoms with van der Waals surface area (Å²) in [6, 6.07) is 8.05. The quantitative estimate of drug-likeness (QED) is 0.672.